The van der Waals surface area contributed by atoms with Crippen LogP contribution in [-0.2, 0) is 0 Å². The van der Waals surface area contributed by atoms with Crippen LogP contribution < -0.4 is 10.6 Å². The molecule has 0 saturated heterocycles. The molecule has 2 rings (SSSR count). The molecule has 0 aromatic carbocycles. The maximum Gasteiger partial charge on any atom is 0.0782 e. The van der Waals surface area contributed by atoms with Gasteiger partial charge in [0.2, 0.25) is 0 Å². The van der Waals surface area contributed by atoms with Gasteiger partial charge in [-0.05, 0) is 71.9 Å². The van der Waals surface area contributed by atoms with Crippen LogP contribution in [-0.4, -0.2) is 54.8 Å². The summed E-state index contributed by atoms with van der Waals surface area (Å²) in [7, 11) is 4.36. The third-order valence-electron chi connectivity index (χ3n) is 5.76. The molecule has 0 heterocycles. The maximum atomic E-state index is 4.02. The number of hydrogen-bond donors (Lipinski definition) is 2. The number of hydrogen-bond acceptors (Lipinski definition) is 3. The molecular formula is C21H44N3P. The summed E-state index contributed by atoms with van der Waals surface area (Å²) >= 11 is 0. The Hall–Kier alpha value is 0.310. The largest absolute Gasteiger partial charge is 0.308 e. The molecule has 0 aromatic heterocycles. The number of likely N-dealkylation sites (N-methyl/N-ethyl adjacent to an activating group) is 1. The molecule has 4 heteroatoms. The van der Waals surface area contributed by atoms with Crippen LogP contribution >= 0.6 is 7.92 Å². The van der Waals surface area contributed by atoms with Crippen molar-refractivity contribution >= 4 is 7.92 Å². The fourth-order valence-electron chi connectivity index (χ4n) is 4.54. The summed E-state index contributed by atoms with van der Waals surface area (Å²) in [6.45, 7) is 9.23. The zero-order valence-corrected chi connectivity index (χ0v) is 18.5. The van der Waals surface area contributed by atoms with E-state index in [1.807, 2.05) is 0 Å². The lowest BCUT2D eigenvalue weighted by Crippen LogP contribution is -2.53. The highest BCUT2D eigenvalue weighted by Gasteiger charge is 2.37. The highest BCUT2D eigenvalue weighted by Crippen LogP contribution is 2.57. The number of rotatable bonds is 8. The SMILES string of the molecule is CN(C)CCNC(NC(C)(C)C)P(C1CCCCC1)C1CCCCC1. The van der Waals surface area contributed by atoms with Gasteiger partial charge in [-0.2, -0.15) is 0 Å². The van der Waals surface area contributed by atoms with Crippen LogP contribution in [0, 0.1) is 0 Å². The van der Waals surface area contributed by atoms with Crippen LogP contribution in [0.4, 0.5) is 0 Å². The van der Waals surface area contributed by atoms with Crippen molar-refractivity contribution in [2.24, 2.45) is 0 Å². The predicted octanol–water partition coefficient (Wildman–Crippen LogP) is 4.96. The highest BCUT2D eigenvalue weighted by atomic mass is 31.1. The van der Waals surface area contributed by atoms with Gasteiger partial charge >= 0.3 is 0 Å². The maximum absolute atomic E-state index is 4.02. The quantitative estimate of drug-likeness (QED) is 0.468. The van der Waals surface area contributed by atoms with Crippen molar-refractivity contribution in [1.82, 2.24) is 15.5 Å². The Labute approximate surface area is 158 Å². The summed E-state index contributed by atoms with van der Waals surface area (Å²) in [5.41, 5.74) is 2.15. The predicted molar refractivity (Wildman–Crippen MR) is 114 cm³/mol. The number of nitrogens with zero attached hydrogens (tertiary/aromatic N) is 1. The average molecular weight is 370 g/mol. The molecule has 1 unspecified atom stereocenters. The van der Waals surface area contributed by atoms with Crippen molar-refractivity contribution in [2.45, 2.75) is 108 Å². The van der Waals surface area contributed by atoms with E-state index in [9.17, 15) is 0 Å². The molecule has 0 bridgehead atoms. The first-order valence-electron chi connectivity index (χ1n) is 10.8. The van der Waals surface area contributed by atoms with Gasteiger partial charge < -0.3 is 4.90 Å². The average Bonchev–Trinajstić information content (AvgIpc) is 2.55. The summed E-state index contributed by atoms with van der Waals surface area (Å²) in [5.74, 6) is 0.529. The number of nitrogens with one attached hydrogen (secondary N) is 2. The molecule has 148 valence electrons. The minimum atomic E-state index is 0.00362. The van der Waals surface area contributed by atoms with Crippen LogP contribution in [0.2, 0.25) is 0 Å². The van der Waals surface area contributed by atoms with Gasteiger partial charge in [-0.15, -0.1) is 0 Å². The molecule has 2 saturated carbocycles. The first kappa shape index (κ1) is 21.6. The molecule has 25 heavy (non-hydrogen) atoms. The first-order valence-corrected chi connectivity index (χ1v) is 12.3. The minimum Gasteiger partial charge on any atom is -0.308 e. The van der Waals surface area contributed by atoms with Gasteiger partial charge in [-0.25, -0.2) is 0 Å². The molecule has 2 aliphatic rings. The van der Waals surface area contributed by atoms with E-state index in [0.29, 0.717) is 5.91 Å². The molecule has 2 aliphatic carbocycles. The monoisotopic (exact) mass is 369 g/mol. The van der Waals surface area contributed by atoms with Gasteiger partial charge in [-0.3, -0.25) is 10.6 Å². The molecule has 2 fully saturated rings. The van der Waals surface area contributed by atoms with Crippen LogP contribution in [0.3, 0.4) is 0 Å². The van der Waals surface area contributed by atoms with Crippen molar-refractivity contribution in [3.05, 3.63) is 0 Å². The Morgan fingerprint density at radius 2 is 1.36 bits per heavy atom. The van der Waals surface area contributed by atoms with Crippen molar-refractivity contribution in [1.29, 1.82) is 0 Å². The second-order valence-electron chi connectivity index (χ2n) is 9.59. The van der Waals surface area contributed by atoms with Gasteiger partial charge in [-0.1, -0.05) is 46.4 Å². The Balaban J connectivity index is 2.13. The van der Waals surface area contributed by atoms with Crippen LogP contribution in [0.15, 0.2) is 0 Å². The van der Waals surface area contributed by atoms with Crippen molar-refractivity contribution < 1.29 is 0 Å². The van der Waals surface area contributed by atoms with E-state index in [1.54, 1.807) is 0 Å². The Morgan fingerprint density at radius 1 is 0.880 bits per heavy atom. The van der Waals surface area contributed by atoms with Gasteiger partial charge in [0.25, 0.3) is 0 Å². The van der Waals surface area contributed by atoms with E-state index in [1.165, 1.54) is 64.2 Å². The molecule has 0 spiro atoms. The lowest BCUT2D eigenvalue weighted by molar-refractivity contribution is 0.346. The first-order chi connectivity index (χ1) is 11.9. The molecular weight excluding hydrogens is 325 g/mol. The molecule has 0 amide bonds. The summed E-state index contributed by atoms with van der Waals surface area (Å²) in [6.07, 6.45) is 14.8. The fraction of sp³-hybridized carbons (Fsp3) is 1.00. The van der Waals surface area contributed by atoms with Gasteiger partial charge in [0.05, 0.1) is 5.91 Å². The minimum absolute atomic E-state index is 0.00362. The summed E-state index contributed by atoms with van der Waals surface area (Å²) in [6, 6.07) is 0. The van der Waals surface area contributed by atoms with Gasteiger partial charge in [0.1, 0.15) is 0 Å². The second kappa shape index (κ2) is 10.6. The van der Waals surface area contributed by atoms with E-state index >= 15 is 0 Å². The van der Waals surface area contributed by atoms with E-state index in [0.717, 1.165) is 24.4 Å². The normalized spacial score (nSPS) is 22.7. The van der Waals surface area contributed by atoms with E-state index in [4.69, 9.17) is 0 Å². The van der Waals surface area contributed by atoms with Crippen LogP contribution in [0.25, 0.3) is 0 Å². The molecule has 1 atom stereocenters. The highest BCUT2D eigenvalue weighted by molar-refractivity contribution is 7.59. The summed E-state index contributed by atoms with van der Waals surface area (Å²) in [4.78, 5) is 2.30. The topological polar surface area (TPSA) is 27.3 Å². The van der Waals surface area contributed by atoms with Crippen molar-refractivity contribution in [3.8, 4) is 0 Å². The second-order valence-corrected chi connectivity index (χ2v) is 12.5. The molecule has 0 radical (unpaired) electrons. The Morgan fingerprint density at radius 3 is 1.76 bits per heavy atom. The Bertz CT molecular complexity index is 337. The fourth-order valence-corrected chi connectivity index (χ4v) is 8.78. The summed E-state index contributed by atoms with van der Waals surface area (Å²) < 4.78 is 0. The zero-order chi connectivity index (χ0) is 18.3. The van der Waals surface area contributed by atoms with Crippen molar-refractivity contribution in [3.63, 3.8) is 0 Å². The van der Waals surface area contributed by atoms with Crippen molar-refractivity contribution in [2.75, 3.05) is 27.2 Å². The summed E-state index contributed by atoms with van der Waals surface area (Å²) in [5, 5.41) is 8.00. The zero-order valence-electron chi connectivity index (χ0n) is 17.6. The smallest absolute Gasteiger partial charge is 0.0782 e. The molecule has 0 aliphatic heterocycles. The molecule has 0 aromatic rings. The van der Waals surface area contributed by atoms with Crippen LogP contribution in [0.1, 0.15) is 85.0 Å². The lowest BCUT2D eigenvalue weighted by atomic mass is 9.99. The van der Waals surface area contributed by atoms with Gasteiger partial charge in [0, 0.05) is 18.6 Å². The molecule has 3 nitrogen and oxygen atoms in total. The van der Waals surface area contributed by atoms with E-state index in [2.05, 4.69) is 50.4 Å². The van der Waals surface area contributed by atoms with Crippen LogP contribution in [0.5, 0.6) is 0 Å². The third kappa shape index (κ3) is 7.83. The third-order valence-corrected chi connectivity index (χ3v) is 9.38. The van der Waals surface area contributed by atoms with Gasteiger partial charge in [0.15, 0.2) is 0 Å². The van der Waals surface area contributed by atoms with E-state index in [-0.39, 0.29) is 13.5 Å². The van der Waals surface area contributed by atoms with E-state index < -0.39 is 0 Å². The molecule has 2 N–H and O–H groups in total. The standard InChI is InChI=1S/C21H44N3P/c1-21(2,3)23-20(22-16-17-24(4)5)25(18-12-8-6-9-13-18)19-14-10-7-11-15-19/h18-20,22-23H,6-17H2,1-5H3. The Kier molecular flexibility index (Phi) is 9.16. The lowest BCUT2D eigenvalue weighted by Gasteiger charge is -2.45.